The number of H-pyrrole nitrogens is 1. The number of aromatic nitrogens is 2. The van der Waals surface area contributed by atoms with Gasteiger partial charge in [0.25, 0.3) is 11.5 Å². The molecule has 206 valence electrons. The summed E-state index contributed by atoms with van der Waals surface area (Å²) in [5.41, 5.74) is -3.97. The highest BCUT2D eigenvalue weighted by atomic mass is 32.2. The van der Waals surface area contributed by atoms with Gasteiger partial charge in [0.05, 0.1) is 12.1 Å². The lowest BCUT2D eigenvalue weighted by Gasteiger charge is -2.14. The van der Waals surface area contributed by atoms with Crippen LogP contribution in [0.2, 0.25) is 0 Å². The van der Waals surface area contributed by atoms with Crippen LogP contribution in [0.5, 0.6) is 0 Å². The van der Waals surface area contributed by atoms with Gasteiger partial charge in [0.15, 0.2) is 5.75 Å². The summed E-state index contributed by atoms with van der Waals surface area (Å²) in [6.45, 7) is -0.554. The van der Waals surface area contributed by atoms with Crippen LogP contribution in [0.15, 0.2) is 65.6 Å². The van der Waals surface area contributed by atoms with E-state index in [-0.39, 0.29) is 22.0 Å². The average molecular weight is 575 g/mol. The first-order chi connectivity index (χ1) is 18.1. The monoisotopic (exact) mass is 575 g/mol. The van der Waals surface area contributed by atoms with Crippen molar-refractivity contribution in [2.45, 2.75) is 18.9 Å². The Labute approximate surface area is 214 Å². The van der Waals surface area contributed by atoms with Gasteiger partial charge in [0, 0.05) is 33.8 Å². The van der Waals surface area contributed by atoms with Crippen molar-refractivity contribution in [2.75, 3.05) is 5.75 Å². The summed E-state index contributed by atoms with van der Waals surface area (Å²) < 4.78 is 120. The van der Waals surface area contributed by atoms with Gasteiger partial charge in [-0.3, -0.25) is 9.59 Å². The number of rotatable bonds is 6. The molecule has 2 aromatic heterocycles. The molecule has 1 amide bonds. The largest absolute Gasteiger partial charge is 0.416 e. The van der Waals surface area contributed by atoms with Crippen molar-refractivity contribution in [3.05, 3.63) is 93.8 Å². The van der Waals surface area contributed by atoms with Gasteiger partial charge >= 0.3 is 12.4 Å². The first kappa shape index (κ1) is 27.9. The fourth-order valence-corrected chi connectivity index (χ4v) is 4.94. The van der Waals surface area contributed by atoms with Gasteiger partial charge in [0.2, 0.25) is 10.0 Å². The van der Waals surface area contributed by atoms with Crippen molar-refractivity contribution in [2.24, 2.45) is 0 Å². The van der Waals surface area contributed by atoms with Crippen LogP contribution in [0.1, 0.15) is 21.6 Å². The Hall–Kier alpha value is -4.14. The summed E-state index contributed by atoms with van der Waals surface area (Å²) in [6.07, 6.45) is -8.92. The number of fused-ring (bicyclic) bond motifs is 1. The number of sulfonamides is 1. The molecule has 15 heteroatoms. The molecule has 0 spiro atoms. The fourth-order valence-electron chi connectivity index (χ4n) is 4.06. The maximum Gasteiger partial charge on any atom is 0.416 e. The molecule has 2 heterocycles. The number of benzene rings is 2. The van der Waals surface area contributed by atoms with Gasteiger partial charge in [-0.05, 0) is 36.4 Å². The number of hydrogen-bond donors (Lipinski definition) is 2. The fraction of sp³-hybridized carbons (Fsp3) is 0.167. The van der Waals surface area contributed by atoms with E-state index in [1.807, 2.05) is 0 Å². The van der Waals surface area contributed by atoms with Crippen molar-refractivity contribution in [3.63, 3.8) is 0 Å². The summed E-state index contributed by atoms with van der Waals surface area (Å²) >= 11 is 0. The number of nitrogens with one attached hydrogen (secondary N) is 2. The molecule has 4 rings (SSSR count). The molecule has 0 aliphatic rings. The molecule has 0 fully saturated rings. The van der Waals surface area contributed by atoms with E-state index in [1.54, 1.807) is 0 Å². The third-order valence-electron chi connectivity index (χ3n) is 5.58. The number of alkyl halides is 6. The molecule has 7 nitrogen and oxygen atoms in total. The van der Waals surface area contributed by atoms with Gasteiger partial charge in [-0.2, -0.15) is 26.3 Å². The minimum atomic E-state index is -5.34. The molecule has 0 bridgehead atoms. The molecule has 2 aromatic carbocycles. The lowest BCUT2D eigenvalue weighted by Crippen LogP contribution is -2.38. The van der Waals surface area contributed by atoms with Crippen molar-refractivity contribution >= 4 is 26.8 Å². The molecule has 0 radical (unpaired) electrons. The summed E-state index contributed by atoms with van der Waals surface area (Å²) in [6, 6.07) is 9.69. The van der Waals surface area contributed by atoms with Gasteiger partial charge in [-0.15, -0.1) is 0 Å². The standard InChI is InChI=1S/C24H16F7N3O4S/c25-17-6-2-1-4-13(17)11-34-18-8-7-14(24(29,30)31)10-16(18)19(15-5-3-9-32-21(15)35)20(34)22(36)33-39(37,38)12-23(26,27)28/h1-10H,11-12H2,(H,32,35)(H,33,36). The number of pyridine rings is 1. The maximum absolute atomic E-state index is 14.5. The minimum absolute atomic E-state index is 0.0879. The first-order valence-corrected chi connectivity index (χ1v) is 12.5. The Morgan fingerprint density at radius 3 is 2.28 bits per heavy atom. The third kappa shape index (κ3) is 5.97. The van der Waals surface area contributed by atoms with Crippen LogP contribution in [0.3, 0.4) is 0 Å². The molecular weight excluding hydrogens is 559 g/mol. The van der Waals surface area contributed by atoms with Crippen LogP contribution in [0, 0.1) is 5.82 Å². The smallest absolute Gasteiger partial charge is 0.331 e. The lowest BCUT2D eigenvalue weighted by molar-refractivity contribution is -0.137. The van der Waals surface area contributed by atoms with E-state index < -0.39 is 68.8 Å². The number of amides is 1. The zero-order valence-corrected chi connectivity index (χ0v) is 20.1. The van der Waals surface area contributed by atoms with Gasteiger partial charge in [-0.1, -0.05) is 18.2 Å². The second-order valence-corrected chi connectivity index (χ2v) is 10.1. The van der Waals surface area contributed by atoms with E-state index in [9.17, 15) is 48.7 Å². The van der Waals surface area contributed by atoms with E-state index in [1.165, 1.54) is 35.2 Å². The number of halogens is 7. The van der Waals surface area contributed by atoms with Crippen molar-refractivity contribution in [1.82, 2.24) is 14.3 Å². The van der Waals surface area contributed by atoms with Crippen LogP contribution in [-0.2, 0) is 22.7 Å². The normalized spacial score (nSPS) is 12.6. The van der Waals surface area contributed by atoms with Crippen LogP contribution in [0.25, 0.3) is 22.0 Å². The van der Waals surface area contributed by atoms with Gasteiger partial charge in [0.1, 0.15) is 11.5 Å². The Bertz CT molecular complexity index is 1740. The number of nitrogens with zero attached hydrogens (tertiary/aromatic N) is 1. The second-order valence-electron chi connectivity index (χ2n) is 8.35. The Morgan fingerprint density at radius 1 is 0.974 bits per heavy atom. The number of aromatic amines is 1. The summed E-state index contributed by atoms with van der Waals surface area (Å²) in [7, 11) is -5.34. The van der Waals surface area contributed by atoms with Crippen molar-refractivity contribution < 1.29 is 43.9 Å². The summed E-state index contributed by atoms with van der Waals surface area (Å²) in [5.74, 6) is -4.89. The highest BCUT2D eigenvalue weighted by Crippen LogP contribution is 2.38. The quantitative estimate of drug-likeness (QED) is 0.322. The third-order valence-corrected chi connectivity index (χ3v) is 6.79. The minimum Gasteiger partial charge on any atom is -0.331 e. The number of carbonyl (C=O) groups is 1. The molecule has 39 heavy (non-hydrogen) atoms. The Kier molecular flexibility index (Phi) is 7.06. The highest BCUT2D eigenvalue weighted by Gasteiger charge is 2.38. The van der Waals surface area contributed by atoms with Crippen LogP contribution in [0.4, 0.5) is 30.7 Å². The molecule has 0 saturated heterocycles. The first-order valence-electron chi connectivity index (χ1n) is 10.8. The van der Waals surface area contributed by atoms with Gasteiger partial charge in [-0.25, -0.2) is 17.5 Å². The van der Waals surface area contributed by atoms with E-state index in [2.05, 4.69) is 4.98 Å². The van der Waals surface area contributed by atoms with Crippen molar-refractivity contribution in [1.29, 1.82) is 0 Å². The lowest BCUT2D eigenvalue weighted by atomic mass is 10.0. The molecule has 0 unspecified atom stereocenters. The average Bonchev–Trinajstić information content (AvgIpc) is 3.12. The predicted octanol–water partition coefficient (Wildman–Crippen LogP) is 4.82. The Morgan fingerprint density at radius 2 is 1.67 bits per heavy atom. The van der Waals surface area contributed by atoms with Crippen molar-refractivity contribution in [3.8, 4) is 11.1 Å². The molecular formula is C24H16F7N3O4S. The van der Waals surface area contributed by atoms with Crippen LogP contribution >= 0.6 is 0 Å². The number of hydrogen-bond acceptors (Lipinski definition) is 4. The summed E-state index contributed by atoms with van der Waals surface area (Å²) in [4.78, 5) is 28.2. The topological polar surface area (TPSA) is 101 Å². The van der Waals surface area contributed by atoms with E-state index >= 15 is 0 Å². The zero-order valence-electron chi connectivity index (χ0n) is 19.3. The molecule has 0 saturated carbocycles. The second kappa shape index (κ2) is 9.87. The SMILES string of the molecule is O=C(NS(=O)(=O)CC(F)(F)F)c1c(-c2ccc[nH]c2=O)c2cc(C(F)(F)F)ccc2n1Cc1ccccc1F. The van der Waals surface area contributed by atoms with Crippen LogP contribution in [-0.4, -0.2) is 35.8 Å². The molecule has 0 atom stereocenters. The predicted molar refractivity (Wildman–Crippen MR) is 126 cm³/mol. The number of carbonyl (C=O) groups excluding carboxylic acids is 1. The molecule has 0 aliphatic carbocycles. The van der Waals surface area contributed by atoms with Crippen LogP contribution < -0.4 is 10.3 Å². The highest BCUT2D eigenvalue weighted by molar-refractivity contribution is 7.90. The molecule has 2 N–H and O–H groups in total. The summed E-state index contributed by atoms with van der Waals surface area (Å²) in [5, 5.41) is -0.351. The van der Waals surface area contributed by atoms with E-state index in [0.29, 0.717) is 12.1 Å². The zero-order chi connectivity index (χ0) is 28.8. The maximum atomic E-state index is 14.5. The Balaban J connectivity index is 2.07. The molecule has 0 aliphatic heterocycles. The van der Waals surface area contributed by atoms with E-state index in [0.717, 1.165) is 22.8 Å². The van der Waals surface area contributed by atoms with E-state index in [4.69, 9.17) is 0 Å². The van der Waals surface area contributed by atoms with Gasteiger partial charge < -0.3 is 9.55 Å². The molecule has 4 aromatic rings.